The largest absolute Gasteiger partial charge is 0.419 e. The van der Waals surface area contributed by atoms with E-state index in [1.165, 1.54) is 0 Å². The average molecular weight is 566 g/mol. The molecule has 8 atom stereocenters. The Balaban J connectivity index is 1.46. The van der Waals surface area contributed by atoms with Gasteiger partial charge < -0.3 is 0 Å². The third kappa shape index (κ3) is 4.25. The number of ketones is 2. The van der Waals surface area contributed by atoms with E-state index in [9.17, 15) is 55.2 Å². The maximum absolute atomic E-state index is 14.3. The fourth-order valence-electron chi connectivity index (χ4n) is 7.02. The van der Waals surface area contributed by atoms with Crippen molar-refractivity contribution < 1.29 is 44.7 Å². The van der Waals surface area contributed by atoms with Crippen LogP contribution in [0.2, 0.25) is 0 Å². The molecule has 2 aromatic rings. The fraction of sp³-hybridized carbons (Fsp3) is 0.429. The molecule has 0 amide bonds. The second-order valence-electron chi connectivity index (χ2n) is 10.6. The predicted molar refractivity (Wildman–Crippen MR) is 120 cm³/mol. The molecule has 12 heteroatoms. The summed E-state index contributed by atoms with van der Waals surface area (Å²) in [6.07, 6.45) is -9.95. The van der Waals surface area contributed by atoms with Gasteiger partial charge in [0.15, 0.2) is 0 Å². The number of benzene rings is 2. The maximum Gasteiger partial charge on any atom is 0.419 e. The smallest absolute Gasteiger partial charge is 0.299 e. The zero-order chi connectivity index (χ0) is 29.3. The van der Waals surface area contributed by atoms with E-state index in [4.69, 9.17) is 0 Å². The average Bonchev–Trinajstić information content (AvgIpc) is 3.30. The SMILES string of the molecule is N#CC1C(c2ccc(C(F)(F)F)c(F)c2)C(=O)C2CC3C(CC21)C(=O)C(c1ccc(C(F)(F)F)c(F)c1)C3C#N. The molecule has 3 aliphatic carbocycles. The van der Waals surface area contributed by atoms with Gasteiger partial charge in [0.2, 0.25) is 0 Å². The molecule has 0 aliphatic heterocycles. The summed E-state index contributed by atoms with van der Waals surface area (Å²) in [6, 6.07) is 8.10. The van der Waals surface area contributed by atoms with Crippen LogP contribution in [0.25, 0.3) is 0 Å². The van der Waals surface area contributed by atoms with Gasteiger partial charge in [-0.15, -0.1) is 0 Å². The van der Waals surface area contributed by atoms with E-state index in [-0.39, 0.29) is 24.0 Å². The van der Waals surface area contributed by atoms with E-state index in [0.29, 0.717) is 24.3 Å². The topological polar surface area (TPSA) is 81.7 Å². The van der Waals surface area contributed by atoms with Gasteiger partial charge in [-0.05, 0) is 60.1 Å². The number of Topliss-reactive ketones (excluding diaryl/α,β-unsaturated/α-hetero) is 2. The second kappa shape index (κ2) is 9.39. The molecule has 3 aliphatic rings. The first kappa shape index (κ1) is 27.8. The summed E-state index contributed by atoms with van der Waals surface area (Å²) in [4.78, 5) is 27.0. The third-order valence-electron chi connectivity index (χ3n) is 8.68. The van der Waals surface area contributed by atoms with Crippen molar-refractivity contribution >= 4 is 11.6 Å². The number of carbonyl (C=O) groups is 2. The minimum absolute atomic E-state index is 0.0183. The van der Waals surface area contributed by atoms with E-state index in [2.05, 4.69) is 0 Å². The lowest BCUT2D eigenvalue weighted by Crippen LogP contribution is -2.34. The summed E-state index contributed by atoms with van der Waals surface area (Å²) >= 11 is 0. The number of nitrogens with zero attached hydrogens (tertiary/aromatic N) is 2. The van der Waals surface area contributed by atoms with E-state index in [1.54, 1.807) is 0 Å². The Morgan fingerprint density at radius 3 is 1.27 bits per heavy atom. The number of fused-ring (bicyclic) bond motifs is 2. The molecule has 208 valence electrons. The molecule has 40 heavy (non-hydrogen) atoms. The van der Waals surface area contributed by atoms with Crippen molar-refractivity contribution in [3.63, 3.8) is 0 Å². The molecule has 0 heterocycles. The summed E-state index contributed by atoms with van der Waals surface area (Å²) in [5.74, 6) is -11.9. The quantitative estimate of drug-likeness (QED) is 0.385. The van der Waals surface area contributed by atoms with Gasteiger partial charge in [0.1, 0.15) is 23.2 Å². The van der Waals surface area contributed by atoms with Gasteiger partial charge in [-0.2, -0.15) is 36.9 Å². The van der Waals surface area contributed by atoms with E-state index >= 15 is 0 Å². The highest BCUT2D eigenvalue weighted by molar-refractivity contribution is 5.94. The monoisotopic (exact) mass is 566 g/mol. The lowest BCUT2D eigenvalue weighted by molar-refractivity contribution is -0.140. The Hall–Kier alpha value is -3.80. The van der Waals surface area contributed by atoms with Crippen molar-refractivity contribution in [2.45, 2.75) is 37.0 Å². The van der Waals surface area contributed by atoms with E-state index < -0.39 is 94.0 Å². The zero-order valence-electron chi connectivity index (χ0n) is 20.2. The standard InChI is InChI=1S/C28H18F8N2O2/c29-21-5-11(1-3-19(21)27(31,32)33)23-17(9-37)13-7-16-14(8-15(13)25(23)39)18(10-38)24(26(16)40)12-2-4-20(22(30)6-12)28(34,35)36/h1-6,13-18,23-24H,7-8H2. The summed E-state index contributed by atoms with van der Waals surface area (Å²) in [5, 5.41) is 19.8. The first-order valence-corrected chi connectivity index (χ1v) is 12.3. The first-order valence-electron chi connectivity index (χ1n) is 12.3. The molecule has 0 aromatic heterocycles. The molecule has 0 spiro atoms. The highest BCUT2D eigenvalue weighted by Gasteiger charge is 2.61. The number of halogens is 8. The van der Waals surface area contributed by atoms with Gasteiger partial charge >= 0.3 is 12.4 Å². The molecule has 3 saturated carbocycles. The van der Waals surface area contributed by atoms with Crippen molar-refractivity contribution in [1.29, 1.82) is 10.5 Å². The Labute approximate surface area is 222 Å². The maximum atomic E-state index is 14.3. The molecule has 3 fully saturated rings. The Morgan fingerprint density at radius 1 is 0.650 bits per heavy atom. The molecular formula is C28H18F8N2O2. The minimum atomic E-state index is -4.96. The first-order chi connectivity index (χ1) is 18.7. The Bertz CT molecular complexity index is 1370. The van der Waals surface area contributed by atoms with Crippen LogP contribution in [0.1, 0.15) is 46.9 Å². The van der Waals surface area contributed by atoms with Crippen LogP contribution in [0, 0.1) is 69.8 Å². The summed E-state index contributed by atoms with van der Waals surface area (Å²) in [7, 11) is 0. The number of hydrogen-bond acceptors (Lipinski definition) is 4. The van der Waals surface area contributed by atoms with Crippen LogP contribution in [0.4, 0.5) is 35.1 Å². The van der Waals surface area contributed by atoms with Gasteiger partial charge in [-0.1, -0.05) is 12.1 Å². The molecule has 4 nitrogen and oxygen atoms in total. The van der Waals surface area contributed by atoms with Gasteiger partial charge in [-0.3, -0.25) is 9.59 Å². The van der Waals surface area contributed by atoms with Crippen LogP contribution in [-0.4, -0.2) is 11.6 Å². The summed E-state index contributed by atoms with van der Waals surface area (Å²) < 4.78 is 107. The van der Waals surface area contributed by atoms with Gasteiger partial charge in [0, 0.05) is 11.8 Å². The second-order valence-corrected chi connectivity index (χ2v) is 10.6. The van der Waals surface area contributed by atoms with Crippen molar-refractivity contribution in [2.75, 3.05) is 0 Å². The lowest BCUT2D eigenvalue weighted by Gasteiger charge is -2.34. The fourth-order valence-corrected chi connectivity index (χ4v) is 7.02. The molecule has 0 bridgehead atoms. The molecule has 0 N–H and O–H groups in total. The summed E-state index contributed by atoms with van der Waals surface area (Å²) in [5.41, 5.74) is -3.23. The molecule has 5 rings (SSSR count). The van der Waals surface area contributed by atoms with Crippen LogP contribution < -0.4 is 0 Å². The minimum Gasteiger partial charge on any atom is -0.299 e. The molecule has 8 unspecified atom stereocenters. The predicted octanol–water partition coefficient (Wildman–Crippen LogP) is 6.57. The van der Waals surface area contributed by atoms with Crippen LogP contribution in [0.15, 0.2) is 36.4 Å². The van der Waals surface area contributed by atoms with Crippen molar-refractivity contribution in [2.24, 2.45) is 35.5 Å². The van der Waals surface area contributed by atoms with Gasteiger partial charge in [0.05, 0.1) is 46.9 Å². The van der Waals surface area contributed by atoms with Gasteiger partial charge in [-0.25, -0.2) is 8.78 Å². The highest BCUT2D eigenvalue weighted by Crippen LogP contribution is 2.59. The number of rotatable bonds is 2. The molecule has 0 radical (unpaired) electrons. The Morgan fingerprint density at radius 2 is 1.00 bits per heavy atom. The van der Waals surface area contributed by atoms with Gasteiger partial charge in [0.25, 0.3) is 0 Å². The zero-order valence-corrected chi connectivity index (χ0v) is 20.2. The van der Waals surface area contributed by atoms with Crippen LogP contribution >= 0.6 is 0 Å². The number of hydrogen-bond donors (Lipinski definition) is 0. The van der Waals surface area contributed by atoms with E-state index in [0.717, 1.165) is 12.1 Å². The van der Waals surface area contributed by atoms with Crippen molar-refractivity contribution in [3.8, 4) is 12.1 Å². The highest BCUT2D eigenvalue weighted by atomic mass is 19.4. The molecular weight excluding hydrogens is 548 g/mol. The molecule has 2 aromatic carbocycles. The number of alkyl halides is 6. The van der Waals surface area contributed by atoms with E-state index in [1.807, 2.05) is 12.1 Å². The number of carbonyl (C=O) groups excluding carboxylic acids is 2. The molecule has 0 saturated heterocycles. The third-order valence-corrected chi connectivity index (χ3v) is 8.68. The van der Waals surface area contributed by atoms with Crippen LogP contribution in [0.5, 0.6) is 0 Å². The number of nitriles is 2. The van der Waals surface area contributed by atoms with Crippen LogP contribution in [-0.2, 0) is 21.9 Å². The van der Waals surface area contributed by atoms with Crippen molar-refractivity contribution in [1.82, 2.24) is 0 Å². The van der Waals surface area contributed by atoms with Crippen molar-refractivity contribution in [3.05, 3.63) is 70.3 Å². The normalized spacial score (nSPS) is 31.9. The lowest BCUT2D eigenvalue weighted by atomic mass is 9.67. The summed E-state index contributed by atoms with van der Waals surface area (Å²) in [6.45, 7) is 0. The Kier molecular flexibility index (Phi) is 6.52. The van der Waals surface area contributed by atoms with Crippen LogP contribution in [0.3, 0.4) is 0 Å².